The summed E-state index contributed by atoms with van der Waals surface area (Å²) in [7, 11) is 0. The number of carboxylic acids is 1. The molecule has 0 spiro atoms. The van der Waals surface area contributed by atoms with E-state index in [0.717, 1.165) is 18.6 Å². The summed E-state index contributed by atoms with van der Waals surface area (Å²) in [6.45, 7) is 0.441. The van der Waals surface area contributed by atoms with E-state index in [2.05, 4.69) is 11.4 Å². The van der Waals surface area contributed by atoms with Crippen molar-refractivity contribution in [2.24, 2.45) is 0 Å². The van der Waals surface area contributed by atoms with Crippen LogP contribution in [0.5, 0.6) is 11.5 Å². The number of benzene rings is 3. The number of carbonyl (C=O) groups is 2. The van der Waals surface area contributed by atoms with E-state index >= 15 is 0 Å². The van der Waals surface area contributed by atoms with Gasteiger partial charge in [-0.15, -0.1) is 0 Å². The molecule has 1 unspecified atom stereocenters. The zero-order valence-electron chi connectivity index (χ0n) is 16.9. The summed E-state index contributed by atoms with van der Waals surface area (Å²) in [5, 5.41) is 11.7. The molecule has 0 bridgehead atoms. The maximum atomic E-state index is 12.5. The normalized spacial score (nSPS) is 14.8. The highest BCUT2D eigenvalue weighted by Crippen LogP contribution is 2.27. The Morgan fingerprint density at radius 3 is 2.65 bits per heavy atom. The number of anilines is 1. The van der Waals surface area contributed by atoms with Gasteiger partial charge in [-0.3, -0.25) is 9.59 Å². The minimum Gasteiger partial charge on any atom is -0.490 e. The number of amides is 1. The fraction of sp³-hybridized carbons (Fsp3) is 0.200. The summed E-state index contributed by atoms with van der Waals surface area (Å²) in [5.41, 5.74) is 2.89. The summed E-state index contributed by atoms with van der Waals surface area (Å²) < 4.78 is 11.8. The second kappa shape index (κ2) is 9.34. The van der Waals surface area contributed by atoms with E-state index in [1.54, 1.807) is 48.5 Å². The van der Waals surface area contributed by atoms with Crippen molar-refractivity contribution in [3.05, 3.63) is 89.5 Å². The number of ether oxygens (including phenoxy) is 2. The van der Waals surface area contributed by atoms with Crippen molar-refractivity contribution in [2.75, 3.05) is 11.9 Å². The Morgan fingerprint density at radius 1 is 1.03 bits per heavy atom. The van der Waals surface area contributed by atoms with Gasteiger partial charge in [-0.25, -0.2) is 0 Å². The van der Waals surface area contributed by atoms with Crippen molar-refractivity contribution in [1.29, 1.82) is 0 Å². The van der Waals surface area contributed by atoms with Gasteiger partial charge in [-0.05, 0) is 66.4 Å². The lowest BCUT2D eigenvalue weighted by atomic mass is 10.0. The summed E-state index contributed by atoms with van der Waals surface area (Å²) in [6, 6.07) is 21.8. The van der Waals surface area contributed by atoms with Gasteiger partial charge in [0.15, 0.2) is 0 Å². The molecule has 3 aromatic rings. The summed E-state index contributed by atoms with van der Waals surface area (Å²) >= 11 is 0. The van der Waals surface area contributed by atoms with Crippen molar-refractivity contribution in [3.63, 3.8) is 0 Å². The third kappa shape index (κ3) is 5.42. The Kier molecular flexibility index (Phi) is 6.17. The van der Waals surface area contributed by atoms with Crippen LogP contribution in [0.15, 0.2) is 72.8 Å². The predicted molar refractivity (Wildman–Crippen MR) is 117 cm³/mol. The summed E-state index contributed by atoms with van der Waals surface area (Å²) in [4.78, 5) is 23.4. The van der Waals surface area contributed by atoms with Crippen LogP contribution in [0.2, 0.25) is 0 Å². The van der Waals surface area contributed by atoms with E-state index in [4.69, 9.17) is 14.6 Å². The van der Waals surface area contributed by atoms with Crippen LogP contribution >= 0.6 is 0 Å². The Balaban J connectivity index is 1.31. The Labute approximate surface area is 180 Å². The number of aryl methyl sites for hydroxylation is 1. The van der Waals surface area contributed by atoms with Crippen molar-refractivity contribution in [1.82, 2.24) is 0 Å². The second-order valence-corrected chi connectivity index (χ2v) is 7.45. The number of hydrogen-bond acceptors (Lipinski definition) is 4. The fourth-order valence-corrected chi connectivity index (χ4v) is 3.53. The topological polar surface area (TPSA) is 84.9 Å². The molecule has 0 saturated heterocycles. The maximum Gasteiger partial charge on any atom is 0.307 e. The van der Waals surface area contributed by atoms with E-state index in [1.165, 1.54) is 5.56 Å². The number of carbonyl (C=O) groups excluding carboxylic acids is 1. The zero-order chi connectivity index (χ0) is 21.6. The van der Waals surface area contributed by atoms with E-state index in [9.17, 15) is 9.59 Å². The van der Waals surface area contributed by atoms with Crippen LogP contribution in [0.1, 0.15) is 27.9 Å². The molecule has 2 N–H and O–H groups in total. The first-order chi connectivity index (χ1) is 15.1. The monoisotopic (exact) mass is 417 g/mol. The third-order valence-electron chi connectivity index (χ3n) is 5.09. The molecular formula is C25H23NO5. The maximum absolute atomic E-state index is 12.5. The largest absolute Gasteiger partial charge is 0.490 e. The van der Waals surface area contributed by atoms with Crippen molar-refractivity contribution in [3.8, 4) is 11.5 Å². The van der Waals surface area contributed by atoms with Gasteiger partial charge in [0.05, 0.1) is 6.42 Å². The molecule has 6 heteroatoms. The molecule has 1 atom stereocenters. The number of aliphatic carboxylic acids is 1. The highest BCUT2D eigenvalue weighted by Gasteiger charge is 2.20. The highest BCUT2D eigenvalue weighted by atomic mass is 16.5. The minimum atomic E-state index is -0.915. The first-order valence-corrected chi connectivity index (χ1v) is 10.2. The average molecular weight is 417 g/mol. The summed E-state index contributed by atoms with van der Waals surface area (Å²) in [6.07, 6.45) is 1.78. The van der Waals surface area contributed by atoms with Crippen molar-refractivity contribution < 1.29 is 24.2 Å². The Morgan fingerprint density at radius 2 is 1.84 bits per heavy atom. The molecule has 0 aromatic heterocycles. The molecule has 31 heavy (non-hydrogen) atoms. The van der Waals surface area contributed by atoms with Crippen LogP contribution < -0.4 is 14.8 Å². The van der Waals surface area contributed by atoms with E-state index in [-0.39, 0.29) is 18.4 Å². The van der Waals surface area contributed by atoms with Crippen LogP contribution in [0.25, 0.3) is 0 Å². The highest BCUT2D eigenvalue weighted by molar-refractivity contribution is 6.04. The molecule has 0 saturated carbocycles. The Bertz CT molecular complexity index is 1080. The lowest BCUT2D eigenvalue weighted by Gasteiger charge is -2.26. The number of para-hydroxylation sites is 1. The Hall–Kier alpha value is -3.80. The summed E-state index contributed by atoms with van der Waals surface area (Å²) in [5.74, 6) is 0.400. The lowest BCUT2D eigenvalue weighted by molar-refractivity contribution is -0.136. The molecule has 1 amide bonds. The van der Waals surface area contributed by atoms with Gasteiger partial charge < -0.3 is 19.9 Å². The molecular weight excluding hydrogens is 394 g/mol. The van der Waals surface area contributed by atoms with Crippen LogP contribution in [0.4, 0.5) is 5.69 Å². The SMILES string of the molecule is O=C(O)Cc1cccc(NC(=O)c2ccc(OCC3CCc4ccccc4O3)cc2)c1. The van der Waals surface area contributed by atoms with Gasteiger partial charge in [0.2, 0.25) is 0 Å². The standard InChI is InChI=1S/C25H23NO5/c27-24(28)15-17-4-3-6-20(14-17)26-25(29)19-9-11-21(12-10-19)30-16-22-13-8-18-5-1-2-7-23(18)31-22/h1-7,9-12,14,22H,8,13,15-16H2,(H,26,29)(H,27,28). The molecule has 1 aliphatic rings. The van der Waals surface area contributed by atoms with Crippen LogP contribution in [-0.2, 0) is 17.6 Å². The van der Waals surface area contributed by atoms with E-state index in [1.807, 2.05) is 18.2 Å². The quantitative estimate of drug-likeness (QED) is 0.597. The van der Waals surface area contributed by atoms with Gasteiger partial charge in [0, 0.05) is 11.3 Å². The van der Waals surface area contributed by atoms with Gasteiger partial charge in [0.1, 0.15) is 24.2 Å². The van der Waals surface area contributed by atoms with Gasteiger partial charge in [-0.2, -0.15) is 0 Å². The van der Waals surface area contributed by atoms with Crippen molar-refractivity contribution in [2.45, 2.75) is 25.4 Å². The molecule has 1 heterocycles. The first-order valence-electron chi connectivity index (χ1n) is 10.2. The van der Waals surface area contributed by atoms with E-state index in [0.29, 0.717) is 29.2 Å². The third-order valence-corrected chi connectivity index (χ3v) is 5.09. The fourth-order valence-electron chi connectivity index (χ4n) is 3.53. The lowest BCUT2D eigenvalue weighted by Crippen LogP contribution is -2.29. The number of hydrogen-bond donors (Lipinski definition) is 2. The number of fused-ring (bicyclic) bond motifs is 1. The molecule has 4 rings (SSSR count). The van der Waals surface area contributed by atoms with Crippen LogP contribution in [0.3, 0.4) is 0 Å². The second-order valence-electron chi connectivity index (χ2n) is 7.45. The molecule has 0 aliphatic carbocycles. The molecule has 6 nitrogen and oxygen atoms in total. The predicted octanol–water partition coefficient (Wildman–Crippen LogP) is 4.34. The number of carboxylic acid groups (broad SMARTS) is 1. The number of nitrogens with one attached hydrogen (secondary N) is 1. The average Bonchev–Trinajstić information content (AvgIpc) is 2.77. The van der Waals surface area contributed by atoms with Crippen molar-refractivity contribution >= 4 is 17.6 Å². The molecule has 3 aromatic carbocycles. The van der Waals surface area contributed by atoms with Crippen LogP contribution in [0, 0.1) is 0 Å². The molecule has 158 valence electrons. The number of rotatable bonds is 7. The van der Waals surface area contributed by atoms with Gasteiger partial charge in [0.25, 0.3) is 5.91 Å². The van der Waals surface area contributed by atoms with Crippen LogP contribution in [-0.4, -0.2) is 29.7 Å². The molecule has 1 aliphatic heterocycles. The first kappa shape index (κ1) is 20.5. The van der Waals surface area contributed by atoms with E-state index < -0.39 is 5.97 Å². The van der Waals surface area contributed by atoms with Gasteiger partial charge >= 0.3 is 5.97 Å². The molecule has 0 radical (unpaired) electrons. The van der Waals surface area contributed by atoms with Gasteiger partial charge in [-0.1, -0.05) is 30.3 Å². The minimum absolute atomic E-state index is 0.00375. The molecule has 0 fully saturated rings. The smallest absolute Gasteiger partial charge is 0.307 e. The zero-order valence-corrected chi connectivity index (χ0v) is 16.9.